The lowest BCUT2D eigenvalue weighted by atomic mass is 10.9. The molecule has 0 aromatic heterocycles. The molecule has 0 aromatic carbocycles. The van der Waals surface area contributed by atoms with Gasteiger partial charge in [0.25, 0.3) is 11.4 Å². The second kappa shape index (κ2) is 1.26. The van der Waals surface area contributed by atoms with Gasteiger partial charge in [-0.1, -0.05) is 0 Å². The standard InChI is InChI=1S/C3H3N2S/c4-3-5-1-2-6-3/h1-2,4H/q+1. The fourth-order valence-corrected chi connectivity index (χ4v) is 0.596. The molecule has 30 valence electrons. The van der Waals surface area contributed by atoms with E-state index in [1.807, 2.05) is 0 Å². The molecular weight excluding hydrogens is 96.1 g/mol. The maximum Gasteiger partial charge on any atom is 0.414 e. The normalized spacial score (nSPS) is 17.0. The molecule has 6 heavy (non-hydrogen) atoms. The molecule has 0 atom stereocenters. The van der Waals surface area contributed by atoms with Gasteiger partial charge in [0.1, 0.15) is 0 Å². The number of amidine groups is 1. The van der Waals surface area contributed by atoms with E-state index in [4.69, 9.17) is 5.41 Å². The van der Waals surface area contributed by atoms with Crippen LogP contribution in [0.2, 0.25) is 0 Å². The lowest BCUT2D eigenvalue weighted by Gasteiger charge is -1.51. The van der Waals surface area contributed by atoms with Gasteiger partial charge < -0.3 is 0 Å². The van der Waals surface area contributed by atoms with Crippen molar-refractivity contribution in [1.29, 1.82) is 5.41 Å². The molecule has 2 nitrogen and oxygen atoms in total. The molecule has 1 aliphatic rings. The van der Waals surface area contributed by atoms with Crippen molar-refractivity contribution in [2.24, 2.45) is 4.99 Å². The Hall–Kier alpha value is -0.570. The molecular formula is C3H3N2S+. The average Bonchev–Trinajstić information content (AvgIpc) is 1.86. The minimum absolute atomic E-state index is 0.384. The maximum absolute atomic E-state index is 6.78. The van der Waals surface area contributed by atoms with E-state index in [9.17, 15) is 0 Å². The summed E-state index contributed by atoms with van der Waals surface area (Å²) in [5.74, 6) is 0. The predicted octanol–water partition coefficient (Wildman–Crippen LogP) is -0.110. The fourth-order valence-electron chi connectivity index (χ4n) is 0.223. The van der Waals surface area contributed by atoms with Gasteiger partial charge in [-0.15, -0.1) is 0 Å². The zero-order chi connectivity index (χ0) is 4.41. The number of hydrogen-bond acceptors (Lipinski definition) is 1. The van der Waals surface area contributed by atoms with Gasteiger partial charge in [-0.3, -0.25) is 0 Å². The molecule has 0 aromatic rings. The van der Waals surface area contributed by atoms with Crippen LogP contribution in [-0.2, 0) is 11.4 Å². The van der Waals surface area contributed by atoms with Crippen LogP contribution in [-0.4, -0.2) is 16.7 Å². The zero-order valence-electron chi connectivity index (χ0n) is 3.01. The SMILES string of the molecule is N=C1N=CC=[S+]1. The van der Waals surface area contributed by atoms with Crippen molar-refractivity contribution in [3.8, 4) is 0 Å². The van der Waals surface area contributed by atoms with E-state index in [0.717, 1.165) is 0 Å². The Balaban J connectivity index is 2.86. The summed E-state index contributed by atoms with van der Waals surface area (Å²) in [7, 11) is 0. The first-order chi connectivity index (χ1) is 2.89. The van der Waals surface area contributed by atoms with Gasteiger partial charge in [0.15, 0.2) is 0 Å². The molecule has 3 heteroatoms. The molecule has 0 radical (unpaired) electrons. The number of nitrogens with zero attached hydrogens (tertiary/aromatic N) is 1. The zero-order valence-corrected chi connectivity index (χ0v) is 3.83. The summed E-state index contributed by atoms with van der Waals surface area (Å²) in [5.41, 5.74) is 0. The van der Waals surface area contributed by atoms with Crippen LogP contribution in [0.15, 0.2) is 4.99 Å². The number of rotatable bonds is 0. The van der Waals surface area contributed by atoms with E-state index in [1.54, 1.807) is 11.6 Å². The van der Waals surface area contributed by atoms with Crippen molar-refractivity contribution in [2.45, 2.75) is 0 Å². The van der Waals surface area contributed by atoms with Gasteiger partial charge in [0.2, 0.25) is 5.37 Å². The fraction of sp³-hybridized carbons (Fsp3) is 0. The molecule has 0 fully saturated rings. The van der Waals surface area contributed by atoms with E-state index in [-0.39, 0.29) is 0 Å². The summed E-state index contributed by atoms with van der Waals surface area (Å²) in [5, 5.41) is 8.95. The van der Waals surface area contributed by atoms with E-state index < -0.39 is 0 Å². The van der Waals surface area contributed by atoms with Crippen molar-refractivity contribution in [3.05, 3.63) is 0 Å². The molecule has 1 heterocycles. The molecule has 0 unspecified atom stereocenters. The molecule has 1 rings (SSSR count). The third-order valence-corrected chi connectivity index (χ3v) is 1.02. The lowest BCUT2D eigenvalue weighted by molar-refractivity contribution is 1.51. The second-order valence-electron chi connectivity index (χ2n) is 0.837. The van der Waals surface area contributed by atoms with E-state index >= 15 is 0 Å². The van der Waals surface area contributed by atoms with Crippen LogP contribution in [0.5, 0.6) is 0 Å². The molecule has 0 bridgehead atoms. The molecule has 1 aliphatic heterocycles. The van der Waals surface area contributed by atoms with Crippen molar-refractivity contribution in [2.75, 3.05) is 0 Å². The summed E-state index contributed by atoms with van der Waals surface area (Å²) in [6, 6.07) is 0. The van der Waals surface area contributed by atoms with Crippen molar-refractivity contribution in [3.63, 3.8) is 0 Å². The number of hydrogen-bond donors (Lipinski definition) is 1. The minimum atomic E-state index is 0.384. The Morgan fingerprint density at radius 2 is 2.67 bits per heavy atom. The topological polar surface area (TPSA) is 36.2 Å². The average molecular weight is 99.1 g/mol. The van der Waals surface area contributed by atoms with Crippen LogP contribution in [0, 0.1) is 5.41 Å². The molecule has 0 spiro atoms. The van der Waals surface area contributed by atoms with Crippen LogP contribution in [0.25, 0.3) is 0 Å². The van der Waals surface area contributed by atoms with Gasteiger partial charge in [-0.25, -0.2) is 5.41 Å². The van der Waals surface area contributed by atoms with Gasteiger partial charge in [0, 0.05) is 0 Å². The lowest BCUT2D eigenvalue weighted by Crippen LogP contribution is -1.76. The Morgan fingerprint density at radius 3 is 2.83 bits per heavy atom. The van der Waals surface area contributed by atoms with Crippen LogP contribution >= 0.6 is 0 Å². The quantitative estimate of drug-likeness (QED) is 0.325. The third-order valence-electron chi connectivity index (χ3n) is 0.432. The molecule has 0 amide bonds. The summed E-state index contributed by atoms with van der Waals surface area (Å²) in [4.78, 5) is 3.60. The number of aliphatic imine (C=N–C) groups is 1. The first-order valence-corrected chi connectivity index (χ1v) is 2.38. The van der Waals surface area contributed by atoms with Crippen molar-refractivity contribution >= 4 is 28.1 Å². The van der Waals surface area contributed by atoms with Crippen LogP contribution in [0.4, 0.5) is 0 Å². The number of nitrogens with one attached hydrogen (secondary N) is 1. The summed E-state index contributed by atoms with van der Waals surface area (Å²) < 4.78 is 0. The monoisotopic (exact) mass is 99.0 g/mol. The van der Waals surface area contributed by atoms with Gasteiger partial charge in [-0.2, -0.15) is 4.99 Å². The van der Waals surface area contributed by atoms with E-state index in [1.165, 1.54) is 11.4 Å². The first-order valence-electron chi connectivity index (χ1n) is 1.50. The molecule has 1 N–H and O–H groups in total. The highest BCUT2D eigenvalue weighted by Crippen LogP contribution is 1.75. The third kappa shape index (κ3) is 0.490. The highest BCUT2D eigenvalue weighted by molar-refractivity contribution is 7.94. The summed E-state index contributed by atoms with van der Waals surface area (Å²) in [6.45, 7) is 0. The Kier molecular flexibility index (Phi) is 0.759. The van der Waals surface area contributed by atoms with Crippen molar-refractivity contribution in [1.82, 2.24) is 0 Å². The Bertz CT molecular complexity index is 111. The largest absolute Gasteiger partial charge is 0.414 e. The molecule has 0 aliphatic carbocycles. The van der Waals surface area contributed by atoms with Crippen LogP contribution in [0.3, 0.4) is 0 Å². The smallest absolute Gasteiger partial charge is 0.229 e. The Morgan fingerprint density at radius 1 is 1.83 bits per heavy atom. The summed E-state index contributed by atoms with van der Waals surface area (Å²) >= 11 is 1.33. The van der Waals surface area contributed by atoms with Gasteiger partial charge in [0.05, 0.1) is 6.21 Å². The van der Waals surface area contributed by atoms with Crippen molar-refractivity contribution < 1.29 is 0 Å². The second-order valence-corrected chi connectivity index (χ2v) is 1.73. The Labute approximate surface area is 39.4 Å². The van der Waals surface area contributed by atoms with Gasteiger partial charge in [-0.05, 0) is 0 Å². The van der Waals surface area contributed by atoms with E-state index in [2.05, 4.69) is 4.99 Å². The maximum atomic E-state index is 6.78. The van der Waals surface area contributed by atoms with Crippen LogP contribution < -0.4 is 0 Å². The first kappa shape index (κ1) is 3.61. The van der Waals surface area contributed by atoms with Crippen LogP contribution in [0.1, 0.15) is 0 Å². The van der Waals surface area contributed by atoms with Gasteiger partial charge >= 0.3 is 5.17 Å². The summed E-state index contributed by atoms with van der Waals surface area (Å²) in [6.07, 6.45) is 1.62. The van der Waals surface area contributed by atoms with E-state index in [0.29, 0.717) is 5.17 Å². The highest BCUT2D eigenvalue weighted by Gasteiger charge is 2.05. The predicted molar refractivity (Wildman–Crippen MR) is 29.6 cm³/mol. The molecule has 0 saturated heterocycles. The molecule has 0 saturated carbocycles. The minimum Gasteiger partial charge on any atom is -0.229 e. The highest BCUT2D eigenvalue weighted by atomic mass is 32.1.